The van der Waals surface area contributed by atoms with E-state index >= 15 is 0 Å². The van der Waals surface area contributed by atoms with Crippen molar-refractivity contribution >= 4 is 16.0 Å². The van der Waals surface area contributed by atoms with Gasteiger partial charge in [0.05, 0.1) is 19.2 Å². The van der Waals surface area contributed by atoms with Crippen LogP contribution in [0.25, 0.3) is 0 Å². The molecule has 0 aliphatic carbocycles. The first-order chi connectivity index (χ1) is 9.20. The van der Waals surface area contributed by atoms with Crippen molar-refractivity contribution in [1.82, 2.24) is 4.31 Å². The monoisotopic (exact) mass is 309 g/mol. The third kappa shape index (κ3) is 3.42. The van der Waals surface area contributed by atoms with Crippen molar-refractivity contribution in [3.63, 3.8) is 0 Å². The first-order valence-corrected chi connectivity index (χ1v) is 6.80. The van der Waals surface area contributed by atoms with Gasteiger partial charge in [0.15, 0.2) is 0 Å². The molecule has 0 unspecified atom stereocenters. The normalized spacial score (nSPS) is 11.9. The maximum atomic E-state index is 12.3. The summed E-state index contributed by atoms with van der Waals surface area (Å²) >= 11 is 0. The summed E-state index contributed by atoms with van der Waals surface area (Å²) in [6.45, 7) is -0.966. The van der Waals surface area contributed by atoms with Gasteiger partial charge in [0.1, 0.15) is 10.6 Å². The van der Waals surface area contributed by atoms with Crippen LogP contribution in [0.4, 0.5) is 8.78 Å². The van der Waals surface area contributed by atoms with Gasteiger partial charge in [-0.3, -0.25) is 0 Å². The molecular weight excluding hydrogens is 296 g/mol. The maximum absolute atomic E-state index is 12.3. The van der Waals surface area contributed by atoms with Crippen molar-refractivity contribution < 1.29 is 31.8 Å². The van der Waals surface area contributed by atoms with E-state index in [1.54, 1.807) is 0 Å². The standard InChI is InChI=1S/C11H13F2NO5S/c1-14(6-10(12)13)20(17,18)9-4-3-7(11(15)16)5-8(9)19-2/h3-5,10H,6H2,1-2H3,(H,15,16). The fraction of sp³-hybridized carbons (Fsp3) is 0.364. The van der Waals surface area contributed by atoms with Crippen molar-refractivity contribution in [3.8, 4) is 5.75 Å². The Morgan fingerprint density at radius 2 is 2.05 bits per heavy atom. The Kier molecular flexibility index (Phi) is 5.01. The summed E-state index contributed by atoms with van der Waals surface area (Å²) in [5.41, 5.74) is -0.169. The number of nitrogens with zero attached hydrogens (tertiary/aromatic N) is 1. The zero-order valence-electron chi connectivity index (χ0n) is 10.7. The van der Waals surface area contributed by atoms with Crippen LogP contribution in [0.2, 0.25) is 0 Å². The highest BCUT2D eigenvalue weighted by Gasteiger charge is 2.27. The number of ether oxygens (including phenoxy) is 1. The van der Waals surface area contributed by atoms with Gasteiger partial charge < -0.3 is 9.84 Å². The Hall–Kier alpha value is -1.74. The summed E-state index contributed by atoms with van der Waals surface area (Å²) in [7, 11) is -2.02. The van der Waals surface area contributed by atoms with Crippen LogP contribution in [0.1, 0.15) is 10.4 Å². The minimum absolute atomic E-state index is 0.169. The average Bonchev–Trinajstić information content (AvgIpc) is 2.36. The molecule has 1 aromatic rings. The molecule has 0 amide bonds. The molecule has 9 heteroatoms. The molecule has 1 aromatic carbocycles. The number of benzene rings is 1. The van der Waals surface area contributed by atoms with Crippen molar-refractivity contribution in [2.45, 2.75) is 11.3 Å². The van der Waals surface area contributed by atoms with E-state index in [0.29, 0.717) is 4.31 Å². The Balaban J connectivity index is 3.28. The molecule has 0 aromatic heterocycles. The fourth-order valence-corrected chi connectivity index (χ4v) is 2.76. The van der Waals surface area contributed by atoms with Gasteiger partial charge in [0.2, 0.25) is 10.0 Å². The molecule has 0 aliphatic heterocycles. The topological polar surface area (TPSA) is 83.9 Å². The first-order valence-electron chi connectivity index (χ1n) is 5.36. The minimum atomic E-state index is -4.18. The van der Waals surface area contributed by atoms with Gasteiger partial charge in [-0.2, -0.15) is 4.31 Å². The molecule has 1 N–H and O–H groups in total. The smallest absolute Gasteiger partial charge is 0.335 e. The lowest BCUT2D eigenvalue weighted by Crippen LogP contribution is -2.31. The molecule has 0 aliphatic rings. The molecule has 1 rings (SSSR count). The molecule has 112 valence electrons. The Morgan fingerprint density at radius 3 is 2.50 bits per heavy atom. The SMILES string of the molecule is COc1cc(C(=O)O)ccc1S(=O)(=O)N(C)CC(F)F. The van der Waals surface area contributed by atoms with Crippen LogP contribution >= 0.6 is 0 Å². The highest BCUT2D eigenvalue weighted by atomic mass is 32.2. The predicted molar refractivity (Wildman–Crippen MR) is 65.8 cm³/mol. The van der Waals surface area contributed by atoms with Crippen molar-refractivity contribution in [2.75, 3.05) is 20.7 Å². The van der Waals surface area contributed by atoms with E-state index in [2.05, 4.69) is 0 Å². The summed E-state index contributed by atoms with van der Waals surface area (Å²) in [6.07, 6.45) is -2.82. The molecule has 0 saturated carbocycles. The summed E-state index contributed by atoms with van der Waals surface area (Å²) in [5.74, 6) is -1.47. The largest absolute Gasteiger partial charge is 0.495 e. The van der Waals surface area contributed by atoms with Gasteiger partial charge in [0.25, 0.3) is 6.43 Å². The quantitative estimate of drug-likeness (QED) is 0.855. The average molecular weight is 309 g/mol. The van der Waals surface area contributed by atoms with E-state index in [0.717, 1.165) is 32.4 Å². The van der Waals surface area contributed by atoms with Gasteiger partial charge in [-0.1, -0.05) is 0 Å². The lowest BCUT2D eigenvalue weighted by atomic mass is 10.2. The molecule has 0 spiro atoms. The molecule has 6 nitrogen and oxygen atoms in total. The van der Waals surface area contributed by atoms with E-state index in [1.807, 2.05) is 0 Å². The van der Waals surface area contributed by atoms with Crippen LogP contribution < -0.4 is 4.74 Å². The molecule has 0 radical (unpaired) electrons. The van der Waals surface area contributed by atoms with Crippen molar-refractivity contribution in [3.05, 3.63) is 23.8 Å². The lowest BCUT2D eigenvalue weighted by molar-refractivity contribution is 0.0696. The van der Waals surface area contributed by atoms with Crippen molar-refractivity contribution in [1.29, 1.82) is 0 Å². The molecule has 0 heterocycles. The maximum Gasteiger partial charge on any atom is 0.335 e. The van der Waals surface area contributed by atoms with Crippen LogP contribution in [0, 0.1) is 0 Å². The van der Waals surface area contributed by atoms with Crippen LogP contribution in [0.3, 0.4) is 0 Å². The van der Waals surface area contributed by atoms with Gasteiger partial charge in [0, 0.05) is 7.05 Å². The second-order valence-corrected chi connectivity index (χ2v) is 5.86. The van der Waals surface area contributed by atoms with Crippen LogP contribution in [0.15, 0.2) is 23.1 Å². The molecule has 0 fully saturated rings. The highest BCUT2D eigenvalue weighted by Crippen LogP contribution is 2.27. The van der Waals surface area contributed by atoms with Gasteiger partial charge in [-0.15, -0.1) is 0 Å². The number of carboxylic acids is 1. The summed E-state index contributed by atoms with van der Waals surface area (Å²) in [6, 6.07) is 3.10. The highest BCUT2D eigenvalue weighted by molar-refractivity contribution is 7.89. The van der Waals surface area contributed by atoms with Crippen LogP contribution in [0.5, 0.6) is 5.75 Å². The summed E-state index contributed by atoms with van der Waals surface area (Å²) in [5, 5.41) is 8.81. The van der Waals surface area contributed by atoms with E-state index < -0.39 is 29.0 Å². The van der Waals surface area contributed by atoms with E-state index in [9.17, 15) is 22.0 Å². The molecule has 20 heavy (non-hydrogen) atoms. The molecular formula is C11H13F2NO5S. The Morgan fingerprint density at radius 1 is 1.45 bits per heavy atom. The number of aromatic carboxylic acids is 1. The summed E-state index contributed by atoms with van der Waals surface area (Å²) in [4.78, 5) is 10.4. The van der Waals surface area contributed by atoms with Gasteiger partial charge in [-0.05, 0) is 18.2 Å². The number of sulfonamides is 1. The third-order valence-corrected chi connectivity index (χ3v) is 4.36. The zero-order valence-corrected chi connectivity index (χ0v) is 11.5. The minimum Gasteiger partial charge on any atom is -0.495 e. The Labute approximate surface area is 114 Å². The number of methoxy groups -OCH3 is 1. The van der Waals surface area contributed by atoms with Crippen LogP contribution in [-0.2, 0) is 10.0 Å². The van der Waals surface area contributed by atoms with Crippen molar-refractivity contribution in [2.24, 2.45) is 0 Å². The van der Waals surface area contributed by atoms with E-state index in [4.69, 9.17) is 9.84 Å². The van der Waals surface area contributed by atoms with Gasteiger partial charge >= 0.3 is 5.97 Å². The lowest BCUT2D eigenvalue weighted by Gasteiger charge is -2.18. The second-order valence-electron chi connectivity index (χ2n) is 3.85. The molecule has 0 saturated heterocycles. The zero-order chi connectivity index (χ0) is 15.5. The second kappa shape index (κ2) is 6.14. The molecule has 0 atom stereocenters. The number of hydrogen-bond acceptors (Lipinski definition) is 4. The third-order valence-electron chi connectivity index (χ3n) is 2.49. The molecule has 0 bridgehead atoms. The number of rotatable bonds is 6. The number of halogens is 2. The fourth-order valence-electron chi connectivity index (χ4n) is 1.47. The van der Waals surface area contributed by atoms with Gasteiger partial charge in [-0.25, -0.2) is 22.0 Å². The number of carboxylic acid groups (broad SMARTS) is 1. The number of hydrogen-bond donors (Lipinski definition) is 1. The van der Waals surface area contributed by atoms with E-state index in [1.165, 1.54) is 0 Å². The number of alkyl halides is 2. The predicted octanol–water partition coefficient (Wildman–Crippen LogP) is 1.28. The first kappa shape index (κ1) is 16.3. The summed E-state index contributed by atoms with van der Waals surface area (Å²) < 4.78 is 54.0. The van der Waals surface area contributed by atoms with Crippen LogP contribution in [-0.4, -0.2) is 50.9 Å². The Bertz CT molecular complexity index is 603. The number of carbonyl (C=O) groups is 1. The van der Waals surface area contributed by atoms with E-state index in [-0.39, 0.29) is 16.2 Å².